The molecule has 0 radical (unpaired) electrons. The summed E-state index contributed by atoms with van der Waals surface area (Å²) < 4.78 is 0. The standard InChI is InChI=1S/C13H10N2O6.2Na/c16-12(17)10-9(11(13(18)19)21-15(10)20)7-5-14-8-4-2-1-3-6(7)8;;/h1-5,9,11,14H,(H,16,17)(H,18,19);;/q;2*+1/p-2. The molecule has 0 saturated heterocycles. The molecule has 2 atom stereocenters. The Hall–Kier alpha value is -1.03. The van der Waals surface area contributed by atoms with E-state index in [1.165, 1.54) is 6.20 Å². The van der Waals surface area contributed by atoms with Crippen LogP contribution >= 0.6 is 0 Å². The van der Waals surface area contributed by atoms with Crippen molar-refractivity contribution in [3.8, 4) is 0 Å². The zero-order valence-corrected chi connectivity index (χ0v) is 16.4. The van der Waals surface area contributed by atoms with Gasteiger partial charge in [-0.25, -0.2) is 0 Å². The Labute approximate surface area is 174 Å². The average molecular weight is 334 g/mol. The summed E-state index contributed by atoms with van der Waals surface area (Å²) in [7, 11) is 0. The van der Waals surface area contributed by atoms with Crippen LogP contribution in [0.3, 0.4) is 0 Å². The molecule has 0 aliphatic carbocycles. The zero-order chi connectivity index (χ0) is 15.1. The molecule has 1 aliphatic heterocycles. The predicted octanol–water partition coefficient (Wildman–Crippen LogP) is -7.98. The summed E-state index contributed by atoms with van der Waals surface area (Å²) >= 11 is 0. The zero-order valence-electron chi connectivity index (χ0n) is 12.4. The summed E-state index contributed by atoms with van der Waals surface area (Å²) in [5.74, 6) is -4.78. The fraction of sp³-hybridized carbons (Fsp3) is 0.154. The van der Waals surface area contributed by atoms with Gasteiger partial charge in [0.1, 0.15) is 18.0 Å². The average Bonchev–Trinajstić information content (AvgIpc) is 2.99. The number of benzene rings is 1. The van der Waals surface area contributed by atoms with Gasteiger partial charge in [0.25, 0.3) is 5.71 Å². The molecule has 0 amide bonds. The number of rotatable bonds is 3. The van der Waals surface area contributed by atoms with Crippen molar-refractivity contribution in [1.29, 1.82) is 0 Å². The molecule has 2 aromatic rings. The number of carbonyl (C=O) groups is 2. The van der Waals surface area contributed by atoms with E-state index in [2.05, 4.69) is 9.82 Å². The Morgan fingerprint density at radius 3 is 2.43 bits per heavy atom. The van der Waals surface area contributed by atoms with Crippen molar-refractivity contribution in [2.24, 2.45) is 0 Å². The number of carboxylic acid groups (broad SMARTS) is 2. The number of para-hydroxylation sites is 1. The van der Waals surface area contributed by atoms with E-state index in [-0.39, 0.29) is 64.0 Å². The first-order valence-electron chi connectivity index (χ1n) is 6.00. The summed E-state index contributed by atoms with van der Waals surface area (Å²) in [6.07, 6.45) is -0.286. The third-order valence-corrected chi connectivity index (χ3v) is 3.40. The van der Waals surface area contributed by atoms with Gasteiger partial charge in [-0.2, -0.15) is 0 Å². The number of aromatic amines is 1. The van der Waals surface area contributed by atoms with Gasteiger partial charge in [0.2, 0.25) is 0 Å². The van der Waals surface area contributed by atoms with Gasteiger partial charge in [0, 0.05) is 22.0 Å². The molecule has 3 rings (SSSR count). The van der Waals surface area contributed by atoms with Gasteiger partial charge in [0.05, 0.1) is 5.97 Å². The first-order valence-corrected chi connectivity index (χ1v) is 6.00. The molecule has 0 fully saturated rings. The largest absolute Gasteiger partial charge is 1.00 e. The minimum Gasteiger partial charge on any atom is -0.549 e. The van der Waals surface area contributed by atoms with E-state index in [1.54, 1.807) is 24.3 Å². The molecule has 10 heteroatoms. The van der Waals surface area contributed by atoms with E-state index < -0.39 is 29.7 Å². The molecule has 0 saturated carbocycles. The normalized spacial score (nSPS) is 19.7. The molecule has 1 N–H and O–H groups in total. The summed E-state index contributed by atoms with van der Waals surface area (Å²) in [6.45, 7) is 0. The molecule has 8 nitrogen and oxygen atoms in total. The molecule has 0 bridgehead atoms. The van der Waals surface area contributed by atoms with E-state index in [4.69, 9.17) is 0 Å². The van der Waals surface area contributed by atoms with Crippen molar-refractivity contribution in [2.75, 3.05) is 0 Å². The Bertz CT molecular complexity index is 788. The van der Waals surface area contributed by atoms with Gasteiger partial charge in [0.15, 0.2) is 0 Å². The van der Waals surface area contributed by atoms with E-state index in [1.807, 2.05) is 0 Å². The van der Waals surface area contributed by atoms with Crippen LogP contribution in [0.4, 0.5) is 0 Å². The summed E-state index contributed by atoms with van der Waals surface area (Å²) in [5, 5.41) is 34.3. The maximum absolute atomic E-state index is 11.5. The van der Waals surface area contributed by atoms with Gasteiger partial charge in [-0.15, -0.1) is 0 Å². The number of aliphatic carboxylic acids is 2. The van der Waals surface area contributed by atoms with Crippen LogP contribution in [-0.2, 0) is 14.4 Å². The second-order valence-electron chi connectivity index (χ2n) is 4.54. The molecule has 1 aromatic carbocycles. The van der Waals surface area contributed by atoms with Crippen molar-refractivity contribution >= 4 is 28.6 Å². The smallest absolute Gasteiger partial charge is 0.549 e. The molecule has 1 aliphatic rings. The van der Waals surface area contributed by atoms with Crippen molar-refractivity contribution in [2.45, 2.75) is 12.0 Å². The molecule has 108 valence electrons. The Morgan fingerprint density at radius 1 is 1.17 bits per heavy atom. The fourth-order valence-electron chi connectivity index (χ4n) is 2.52. The first kappa shape index (κ1) is 20.0. The van der Waals surface area contributed by atoms with E-state index in [0.717, 1.165) is 0 Å². The number of aromatic nitrogens is 1. The fourth-order valence-corrected chi connectivity index (χ4v) is 2.52. The Balaban J connectivity index is 0.00000132. The number of nitrogens with zero attached hydrogens (tertiary/aromatic N) is 1. The predicted molar refractivity (Wildman–Crippen MR) is 64.6 cm³/mol. The van der Waals surface area contributed by atoms with Gasteiger partial charge in [-0.05, 0) is 11.6 Å². The minimum absolute atomic E-state index is 0. The van der Waals surface area contributed by atoms with Gasteiger partial charge in [-0.3, -0.25) is 5.21 Å². The van der Waals surface area contributed by atoms with Crippen molar-refractivity contribution < 1.29 is 88.7 Å². The molecule has 23 heavy (non-hydrogen) atoms. The number of H-pyrrole nitrogens is 1. The number of hydrogen-bond acceptors (Lipinski definition) is 6. The Kier molecular flexibility index (Phi) is 6.70. The van der Waals surface area contributed by atoms with Gasteiger partial charge < -0.3 is 29.6 Å². The van der Waals surface area contributed by atoms with Crippen molar-refractivity contribution in [3.63, 3.8) is 0 Å². The molecule has 2 heterocycles. The number of carbonyl (C=O) groups excluding carboxylic acids is 2. The van der Waals surface area contributed by atoms with Crippen LogP contribution in [0, 0.1) is 5.21 Å². The molecular formula is C13H8N2Na2O6. The molecule has 1 aromatic heterocycles. The number of hydrogen-bond donors (Lipinski definition) is 1. The number of carboxylic acids is 2. The maximum atomic E-state index is 11.5. The third kappa shape index (κ3) is 3.42. The summed E-state index contributed by atoms with van der Waals surface area (Å²) in [4.78, 5) is 29.3. The maximum Gasteiger partial charge on any atom is 1.00 e. The minimum atomic E-state index is -1.79. The SMILES string of the molecule is O=C([O-])C1=[N+]([O-])OC(C(=O)[O-])C1c1c[nH]c2ccccc12.[Na+].[Na+]. The van der Waals surface area contributed by atoms with E-state index >= 15 is 0 Å². The monoisotopic (exact) mass is 334 g/mol. The quantitative estimate of drug-likeness (QED) is 0.438. The van der Waals surface area contributed by atoms with Crippen molar-refractivity contribution in [3.05, 3.63) is 41.2 Å². The molecule has 2 unspecified atom stereocenters. The third-order valence-electron chi connectivity index (χ3n) is 3.40. The van der Waals surface area contributed by atoms with Crippen LogP contribution in [0.1, 0.15) is 11.5 Å². The van der Waals surface area contributed by atoms with Gasteiger partial charge >= 0.3 is 59.1 Å². The van der Waals surface area contributed by atoms with Crippen LogP contribution in [0.25, 0.3) is 10.9 Å². The van der Waals surface area contributed by atoms with Crippen molar-refractivity contribution in [1.82, 2.24) is 4.98 Å². The first-order chi connectivity index (χ1) is 10.0. The van der Waals surface area contributed by atoms with Crippen LogP contribution in [0.2, 0.25) is 0 Å². The number of nitrogens with one attached hydrogen (secondary N) is 1. The van der Waals surface area contributed by atoms with Crippen LogP contribution in [0.5, 0.6) is 0 Å². The summed E-state index contributed by atoms with van der Waals surface area (Å²) in [5.41, 5.74) is 0.193. The van der Waals surface area contributed by atoms with Gasteiger partial charge in [-0.1, -0.05) is 18.2 Å². The van der Waals surface area contributed by atoms with Crippen LogP contribution in [-0.4, -0.2) is 33.6 Å². The number of fused-ring (bicyclic) bond motifs is 1. The van der Waals surface area contributed by atoms with E-state index in [9.17, 15) is 25.0 Å². The second-order valence-corrected chi connectivity index (χ2v) is 4.54. The van der Waals surface area contributed by atoms with Crippen LogP contribution in [0.15, 0.2) is 30.5 Å². The van der Waals surface area contributed by atoms with E-state index in [0.29, 0.717) is 16.5 Å². The topological polar surface area (TPSA) is 131 Å². The molecule has 0 spiro atoms. The Morgan fingerprint density at radius 2 is 1.83 bits per heavy atom. The second kappa shape index (κ2) is 7.69. The van der Waals surface area contributed by atoms with Crippen LogP contribution < -0.4 is 69.3 Å². The summed E-state index contributed by atoms with van der Waals surface area (Å²) in [6, 6.07) is 6.87. The molecular weight excluding hydrogens is 326 g/mol.